The highest BCUT2D eigenvalue weighted by molar-refractivity contribution is 6.33. The monoisotopic (exact) mass is 203 g/mol. The Morgan fingerprint density at radius 3 is 3.00 bits per heavy atom. The Bertz CT molecular complexity index is 461. The van der Waals surface area contributed by atoms with Gasteiger partial charge in [-0.25, -0.2) is 0 Å². The van der Waals surface area contributed by atoms with Crippen LogP contribution in [0.4, 0.5) is 0 Å². The van der Waals surface area contributed by atoms with Gasteiger partial charge in [-0.2, -0.15) is 0 Å². The molecule has 14 heavy (non-hydrogen) atoms. The Hall–Kier alpha value is -1.06. The predicted octanol–water partition coefficient (Wildman–Crippen LogP) is 1.70. The second-order valence-corrected chi connectivity index (χ2v) is 3.27. The highest BCUT2D eigenvalue weighted by atomic mass is 35.5. The number of fused-ring (bicyclic) bond motifs is 1. The van der Waals surface area contributed by atoms with Crippen molar-refractivity contribution in [1.82, 2.24) is 4.98 Å². The Labute approximate surface area is 88.4 Å². The van der Waals surface area contributed by atoms with Gasteiger partial charge in [0.25, 0.3) is 0 Å². The second kappa shape index (κ2) is 3.99. The molecule has 0 aliphatic rings. The van der Waals surface area contributed by atoms with Gasteiger partial charge in [-0.1, -0.05) is 17.6 Å². The lowest BCUT2D eigenvalue weighted by Gasteiger charge is -2.01. The number of hydrogen-bond donors (Lipinski definition) is 0. The van der Waals surface area contributed by atoms with Crippen molar-refractivity contribution in [1.29, 1.82) is 0 Å². The number of halogens is 1. The van der Waals surface area contributed by atoms with E-state index in [1.54, 1.807) is 6.20 Å². The molecule has 0 N–H and O–H groups in total. The van der Waals surface area contributed by atoms with Crippen LogP contribution in [0, 0.1) is 0 Å². The van der Waals surface area contributed by atoms with E-state index in [4.69, 9.17) is 19.7 Å². The van der Waals surface area contributed by atoms with Gasteiger partial charge in [0, 0.05) is 6.20 Å². The molecule has 0 unspecified atom stereocenters. The summed E-state index contributed by atoms with van der Waals surface area (Å²) >= 11 is 5.17. The lowest BCUT2D eigenvalue weighted by Crippen LogP contribution is -2.00. The summed E-state index contributed by atoms with van der Waals surface area (Å²) in [5.74, 6) is 0. The van der Waals surface area contributed by atoms with Crippen LogP contribution in [-0.4, -0.2) is 12.8 Å². The predicted molar refractivity (Wildman–Crippen MR) is 57.8 cm³/mol. The van der Waals surface area contributed by atoms with Gasteiger partial charge in [0.05, 0.1) is 24.0 Å². The fourth-order valence-electron chi connectivity index (χ4n) is 1.34. The Morgan fingerprint density at radius 1 is 1.36 bits per heavy atom. The van der Waals surface area contributed by atoms with E-state index in [2.05, 4.69) is 9.27 Å². The summed E-state index contributed by atoms with van der Waals surface area (Å²) in [5.41, 5.74) is 2.57. The molecule has 0 aliphatic heterocycles. The summed E-state index contributed by atoms with van der Waals surface area (Å²) in [4.78, 5) is 4.25. The van der Waals surface area contributed by atoms with Crippen LogP contribution in [0.15, 0.2) is 30.5 Å². The van der Waals surface area contributed by atoms with Crippen molar-refractivity contribution in [3.05, 3.63) is 36.0 Å². The summed E-state index contributed by atoms with van der Waals surface area (Å²) in [5, 5.41) is 0.996. The number of nitrogens with zero attached hydrogens (tertiary/aromatic N) is 1. The van der Waals surface area contributed by atoms with Crippen LogP contribution in [0.1, 0.15) is 5.56 Å². The maximum Gasteiger partial charge on any atom is 0.113 e. The van der Waals surface area contributed by atoms with Crippen molar-refractivity contribution in [2.24, 2.45) is 0 Å². The third-order valence-electron chi connectivity index (χ3n) is 1.98. The lowest BCUT2D eigenvalue weighted by atomic mass is 9.94. The molecular formula is C10H7BClNO. The molecule has 2 aromatic rings. The first-order valence-corrected chi connectivity index (χ1v) is 4.48. The summed E-state index contributed by atoms with van der Waals surface area (Å²) in [6, 6.07) is 7.55. The molecule has 2 radical (unpaired) electrons. The zero-order chi connectivity index (χ0) is 9.97. The van der Waals surface area contributed by atoms with Gasteiger partial charge in [0.1, 0.15) is 7.85 Å². The highest BCUT2D eigenvalue weighted by Crippen LogP contribution is 2.12. The maximum absolute atomic E-state index is 5.66. The zero-order valence-electron chi connectivity index (χ0n) is 7.40. The Morgan fingerprint density at radius 2 is 2.21 bits per heavy atom. The average Bonchev–Trinajstić information content (AvgIpc) is 2.17. The second-order valence-electron chi connectivity index (χ2n) is 3.05. The van der Waals surface area contributed by atoms with Crippen LogP contribution >= 0.6 is 11.9 Å². The lowest BCUT2D eigenvalue weighted by molar-refractivity contribution is 0.340. The molecule has 0 fully saturated rings. The molecule has 1 aromatic heterocycles. The van der Waals surface area contributed by atoms with E-state index < -0.39 is 0 Å². The minimum Gasteiger partial charge on any atom is -0.274 e. The number of rotatable bonds is 2. The Balaban J connectivity index is 2.52. The first-order chi connectivity index (χ1) is 6.79. The fourth-order valence-corrected chi connectivity index (χ4v) is 1.46. The minimum atomic E-state index is 0.347. The van der Waals surface area contributed by atoms with Gasteiger partial charge in [0.2, 0.25) is 0 Å². The van der Waals surface area contributed by atoms with Crippen molar-refractivity contribution in [2.45, 2.75) is 6.61 Å². The molecule has 0 saturated carbocycles. The Kier molecular flexibility index (Phi) is 2.70. The highest BCUT2D eigenvalue weighted by Gasteiger charge is 1.98. The molecule has 0 atom stereocenters. The standard InChI is InChI=1S/C10H7BClNO/c11-9-1-2-10-8(4-9)3-7(5-13-10)6-14-12/h1-5H,6H2. The first-order valence-electron chi connectivity index (χ1n) is 4.17. The molecule has 1 aromatic carbocycles. The van der Waals surface area contributed by atoms with E-state index in [0.717, 1.165) is 21.9 Å². The van der Waals surface area contributed by atoms with Crippen LogP contribution in [0.25, 0.3) is 10.9 Å². The fraction of sp³-hybridized carbons (Fsp3) is 0.100. The molecule has 2 rings (SSSR count). The van der Waals surface area contributed by atoms with Crippen LogP contribution in [0.5, 0.6) is 0 Å². The van der Waals surface area contributed by atoms with Crippen LogP contribution in [0.3, 0.4) is 0 Å². The number of benzene rings is 1. The number of pyridine rings is 1. The van der Waals surface area contributed by atoms with Crippen molar-refractivity contribution >= 4 is 36.1 Å². The largest absolute Gasteiger partial charge is 0.274 e. The first kappa shape index (κ1) is 9.50. The number of hydrogen-bond acceptors (Lipinski definition) is 2. The van der Waals surface area contributed by atoms with Crippen molar-refractivity contribution in [2.75, 3.05) is 0 Å². The number of aromatic nitrogens is 1. The molecule has 0 bridgehead atoms. The van der Waals surface area contributed by atoms with Crippen molar-refractivity contribution < 1.29 is 4.29 Å². The van der Waals surface area contributed by atoms with E-state index in [1.165, 1.54) is 0 Å². The molecule has 4 heteroatoms. The third kappa shape index (κ3) is 1.89. The topological polar surface area (TPSA) is 22.1 Å². The van der Waals surface area contributed by atoms with Crippen molar-refractivity contribution in [3.63, 3.8) is 0 Å². The molecule has 2 nitrogen and oxygen atoms in total. The quantitative estimate of drug-likeness (QED) is 0.693. The summed E-state index contributed by atoms with van der Waals surface area (Å²) in [6.45, 7) is 0.347. The molecule has 68 valence electrons. The maximum atomic E-state index is 5.66. The smallest absolute Gasteiger partial charge is 0.113 e. The molecule has 0 amide bonds. The molecule has 0 saturated heterocycles. The van der Waals surface area contributed by atoms with Gasteiger partial charge in [-0.05, 0) is 23.1 Å². The molecule has 1 heterocycles. The SMILES string of the molecule is [B]c1ccc2ncc(COCl)cc2c1. The summed E-state index contributed by atoms with van der Waals surface area (Å²) < 4.78 is 4.51. The van der Waals surface area contributed by atoms with Crippen LogP contribution in [-0.2, 0) is 10.9 Å². The summed E-state index contributed by atoms with van der Waals surface area (Å²) in [6.07, 6.45) is 1.74. The van der Waals surface area contributed by atoms with Gasteiger partial charge < -0.3 is 0 Å². The minimum absolute atomic E-state index is 0.347. The van der Waals surface area contributed by atoms with Gasteiger partial charge in [-0.3, -0.25) is 9.27 Å². The van der Waals surface area contributed by atoms with E-state index >= 15 is 0 Å². The van der Waals surface area contributed by atoms with Gasteiger partial charge >= 0.3 is 0 Å². The van der Waals surface area contributed by atoms with E-state index in [-0.39, 0.29) is 0 Å². The van der Waals surface area contributed by atoms with Crippen molar-refractivity contribution in [3.8, 4) is 0 Å². The third-order valence-corrected chi connectivity index (χ3v) is 2.09. The van der Waals surface area contributed by atoms with E-state index in [1.807, 2.05) is 24.3 Å². The normalized spacial score (nSPS) is 10.6. The zero-order valence-corrected chi connectivity index (χ0v) is 8.16. The summed E-state index contributed by atoms with van der Waals surface area (Å²) in [7, 11) is 5.66. The van der Waals surface area contributed by atoms with E-state index in [0.29, 0.717) is 6.61 Å². The molecular weight excluding hydrogens is 196 g/mol. The van der Waals surface area contributed by atoms with Crippen LogP contribution < -0.4 is 5.46 Å². The van der Waals surface area contributed by atoms with Gasteiger partial charge in [-0.15, -0.1) is 0 Å². The van der Waals surface area contributed by atoms with Gasteiger partial charge in [0.15, 0.2) is 0 Å². The van der Waals surface area contributed by atoms with E-state index in [9.17, 15) is 0 Å². The molecule has 0 spiro atoms. The average molecular weight is 203 g/mol. The molecule has 0 aliphatic carbocycles. The van der Waals surface area contributed by atoms with Crippen LogP contribution in [0.2, 0.25) is 0 Å².